The van der Waals surface area contributed by atoms with Gasteiger partial charge >= 0.3 is 0 Å². The lowest BCUT2D eigenvalue weighted by atomic mass is 10.0. The van der Waals surface area contributed by atoms with Crippen molar-refractivity contribution in [3.8, 4) is 5.75 Å². The third kappa shape index (κ3) is 6.79. The number of hydrogen-bond acceptors (Lipinski definition) is 6. The molecule has 1 aromatic carbocycles. The van der Waals surface area contributed by atoms with Gasteiger partial charge in [-0.25, -0.2) is 8.51 Å². The lowest BCUT2D eigenvalue weighted by Crippen LogP contribution is -2.45. The summed E-state index contributed by atoms with van der Waals surface area (Å²) in [7, 11) is 6.22. The maximum absolute atomic E-state index is 13.0. The lowest BCUT2D eigenvalue weighted by Gasteiger charge is -2.35. The summed E-state index contributed by atoms with van der Waals surface area (Å²) in [5, 5.41) is 0. The zero-order chi connectivity index (χ0) is 24.8. The Morgan fingerprint density at radius 3 is 2.38 bits per heavy atom. The van der Waals surface area contributed by atoms with Gasteiger partial charge in [-0.1, -0.05) is 0 Å². The van der Waals surface area contributed by atoms with Gasteiger partial charge in [-0.05, 0) is 76.5 Å². The summed E-state index contributed by atoms with van der Waals surface area (Å²) in [4.78, 5) is 20.3. The number of benzene rings is 1. The van der Waals surface area contributed by atoms with E-state index in [0.717, 1.165) is 54.4 Å². The monoisotopic (exact) mass is 494 g/mol. The number of carbonyl (C=O) groups excluding carboxylic acids is 1. The molecule has 0 aliphatic carbocycles. The highest BCUT2D eigenvalue weighted by atomic mass is 32.2. The molecule has 0 saturated carbocycles. The molecule has 1 unspecified atom stereocenters. The van der Waals surface area contributed by atoms with Crippen LogP contribution in [0.1, 0.15) is 30.4 Å². The first kappa shape index (κ1) is 27.1. The van der Waals surface area contributed by atoms with Gasteiger partial charge in [0.2, 0.25) is 5.91 Å². The average Bonchev–Trinajstić information content (AvgIpc) is 3.31. The molecule has 9 heteroatoms. The molecule has 2 saturated heterocycles. The summed E-state index contributed by atoms with van der Waals surface area (Å²) in [6.45, 7) is 9.11. The second-order valence-corrected chi connectivity index (χ2v) is 11.3. The van der Waals surface area contributed by atoms with Crippen LogP contribution in [0.2, 0.25) is 0 Å². The van der Waals surface area contributed by atoms with Crippen LogP contribution in [0.4, 0.5) is 0 Å². The minimum atomic E-state index is -1.30. The first-order valence-corrected chi connectivity index (χ1v) is 13.4. The molecule has 0 N–H and O–H groups in total. The number of nitrogens with zero attached hydrogens (tertiary/aromatic N) is 4. The molecule has 8 nitrogen and oxygen atoms in total. The number of aryl methyl sites for hydroxylation is 2. The van der Waals surface area contributed by atoms with Crippen molar-refractivity contribution in [3.05, 3.63) is 23.3 Å². The van der Waals surface area contributed by atoms with E-state index in [1.165, 1.54) is 12.8 Å². The Kier molecular flexibility index (Phi) is 9.91. The highest BCUT2D eigenvalue weighted by Crippen LogP contribution is 2.26. The Balaban J connectivity index is 1.40. The van der Waals surface area contributed by atoms with Crippen LogP contribution >= 0.6 is 0 Å². The molecule has 192 valence electrons. The van der Waals surface area contributed by atoms with Gasteiger partial charge in [0.25, 0.3) is 0 Å². The number of likely N-dealkylation sites (N-methyl/N-ethyl adjacent to an activating group) is 2. The van der Waals surface area contributed by atoms with E-state index in [-0.39, 0.29) is 18.6 Å². The molecule has 2 aliphatic rings. The van der Waals surface area contributed by atoms with Gasteiger partial charge in [0.1, 0.15) is 23.3 Å². The van der Waals surface area contributed by atoms with E-state index in [9.17, 15) is 9.00 Å². The number of piperidine rings is 1. The Labute approximate surface area is 207 Å². The normalized spacial score (nSPS) is 21.2. The summed E-state index contributed by atoms with van der Waals surface area (Å²) >= 11 is 0. The van der Waals surface area contributed by atoms with Crippen LogP contribution in [0, 0.1) is 13.8 Å². The van der Waals surface area contributed by atoms with E-state index < -0.39 is 11.0 Å². The zero-order valence-corrected chi connectivity index (χ0v) is 22.5. The van der Waals surface area contributed by atoms with Gasteiger partial charge in [-0.3, -0.25) is 9.69 Å². The van der Waals surface area contributed by atoms with Crippen LogP contribution in [0.5, 0.6) is 5.75 Å². The number of hydrogen-bond donors (Lipinski definition) is 0. The molecule has 0 aromatic heterocycles. The quantitative estimate of drug-likeness (QED) is 0.463. The third-order valence-electron chi connectivity index (χ3n) is 7.24. The van der Waals surface area contributed by atoms with Crippen molar-refractivity contribution >= 4 is 16.9 Å². The molecule has 0 spiro atoms. The molecule has 2 atom stereocenters. The molecule has 1 amide bonds. The van der Waals surface area contributed by atoms with Gasteiger partial charge < -0.3 is 19.3 Å². The summed E-state index contributed by atoms with van der Waals surface area (Å²) < 4.78 is 25.8. The van der Waals surface area contributed by atoms with Crippen molar-refractivity contribution in [1.82, 2.24) is 19.0 Å². The van der Waals surface area contributed by atoms with Gasteiger partial charge in [0.15, 0.2) is 0 Å². The maximum Gasteiger partial charge on any atom is 0.248 e. The molecule has 0 bridgehead atoms. The lowest BCUT2D eigenvalue weighted by molar-refractivity contribution is -0.136. The standard InChI is InChI=1S/C25H42N4O4S/c1-19-15-23(32-6)16-20(2)25(19)34(31)27(4)13-14-33-18-24(30)28(5)22-9-12-29(17-22)21-7-10-26(3)11-8-21/h15-16,21-22H,7-14,17-18H2,1-6H3/t22-,34?/m0/s1. The molecule has 2 fully saturated rings. The third-order valence-corrected chi connectivity index (χ3v) is 8.99. The molecule has 2 aliphatic heterocycles. The van der Waals surface area contributed by atoms with Crippen LogP contribution in [-0.4, -0.2) is 115 Å². The van der Waals surface area contributed by atoms with Crippen molar-refractivity contribution in [1.29, 1.82) is 0 Å². The SMILES string of the molecule is COc1cc(C)c(S(=O)N(C)CCOCC(=O)N(C)[C@H]2CCN(C3CCN(C)CC3)C2)c(C)c1. The number of carbonyl (C=O) groups is 1. The van der Waals surface area contributed by atoms with Crippen molar-refractivity contribution in [2.75, 3.05) is 74.2 Å². The highest BCUT2D eigenvalue weighted by molar-refractivity contribution is 7.82. The van der Waals surface area contributed by atoms with E-state index in [1.54, 1.807) is 11.4 Å². The highest BCUT2D eigenvalue weighted by Gasteiger charge is 2.33. The Morgan fingerprint density at radius 1 is 1.12 bits per heavy atom. The van der Waals surface area contributed by atoms with E-state index in [2.05, 4.69) is 16.8 Å². The minimum absolute atomic E-state index is 0.0147. The predicted molar refractivity (Wildman–Crippen MR) is 136 cm³/mol. The van der Waals surface area contributed by atoms with Gasteiger partial charge in [-0.15, -0.1) is 0 Å². The molecular formula is C25H42N4O4S. The van der Waals surface area contributed by atoms with E-state index >= 15 is 0 Å². The number of rotatable bonds is 10. The van der Waals surface area contributed by atoms with E-state index in [4.69, 9.17) is 9.47 Å². The van der Waals surface area contributed by atoms with Crippen LogP contribution < -0.4 is 4.74 Å². The van der Waals surface area contributed by atoms with E-state index in [0.29, 0.717) is 19.2 Å². The maximum atomic E-state index is 13.0. The van der Waals surface area contributed by atoms with Gasteiger partial charge in [-0.2, -0.15) is 0 Å². The van der Waals surface area contributed by atoms with Crippen LogP contribution in [-0.2, 0) is 20.5 Å². The molecule has 34 heavy (non-hydrogen) atoms. The van der Waals surface area contributed by atoms with Crippen LogP contribution in [0.15, 0.2) is 17.0 Å². The molecule has 1 aromatic rings. The van der Waals surface area contributed by atoms with Crippen molar-refractivity contribution in [2.24, 2.45) is 0 Å². The van der Waals surface area contributed by atoms with E-state index in [1.807, 2.05) is 45.0 Å². The van der Waals surface area contributed by atoms with Crippen molar-refractivity contribution in [3.63, 3.8) is 0 Å². The largest absolute Gasteiger partial charge is 0.497 e. The minimum Gasteiger partial charge on any atom is -0.497 e. The van der Waals surface area contributed by atoms with Gasteiger partial charge in [0, 0.05) is 45.8 Å². The first-order valence-electron chi connectivity index (χ1n) is 12.3. The first-order chi connectivity index (χ1) is 16.2. The second-order valence-electron chi connectivity index (χ2n) is 9.72. The predicted octanol–water partition coefficient (Wildman–Crippen LogP) is 1.91. The second kappa shape index (κ2) is 12.4. The number of amides is 1. The van der Waals surface area contributed by atoms with Crippen molar-refractivity contribution in [2.45, 2.75) is 50.1 Å². The Morgan fingerprint density at radius 2 is 1.76 bits per heavy atom. The Hall–Kier alpha value is -1.52. The van der Waals surface area contributed by atoms with Gasteiger partial charge in [0.05, 0.1) is 18.6 Å². The number of likely N-dealkylation sites (tertiary alicyclic amines) is 2. The average molecular weight is 495 g/mol. The summed E-state index contributed by atoms with van der Waals surface area (Å²) in [6.07, 6.45) is 3.46. The molecule has 2 heterocycles. The fraction of sp³-hybridized carbons (Fsp3) is 0.720. The number of ether oxygens (including phenoxy) is 2. The van der Waals surface area contributed by atoms with Crippen LogP contribution in [0.3, 0.4) is 0 Å². The summed E-state index contributed by atoms with van der Waals surface area (Å²) in [5.41, 5.74) is 1.87. The van der Waals surface area contributed by atoms with Crippen LogP contribution in [0.25, 0.3) is 0 Å². The summed E-state index contributed by atoms with van der Waals surface area (Å²) in [5.74, 6) is 0.780. The summed E-state index contributed by atoms with van der Waals surface area (Å²) in [6, 6.07) is 4.70. The molecule has 0 radical (unpaired) electrons. The molecular weight excluding hydrogens is 452 g/mol. The molecule has 3 rings (SSSR count). The topological polar surface area (TPSA) is 65.6 Å². The number of methoxy groups -OCH3 is 1. The van der Waals surface area contributed by atoms with Crippen molar-refractivity contribution < 1.29 is 18.5 Å². The fourth-order valence-electron chi connectivity index (χ4n) is 4.98. The fourth-order valence-corrected chi connectivity index (χ4v) is 6.20. The smallest absolute Gasteiger partial charge is 0.248 e. The zero-order valence-electron chi connectivity index (χ0n) is 21.7. The Bertz CT molecular complexity index is 836.